The molecule has 20 heavy (non-hydrogen) atoms. The van der Waals surface area contributed by atoms with Crippen LogP contribution in [0.3, 0.4) is 0 Å². The molecule has 0 aromatic heterocycles. The second kappa shape index (κ2) is 7.09. The molecule has 0 bridgehead atoms. The highest BCUT2D eigenvalue weighted by atomic mass is 127. The molecule has 0 radical (unpaired) electrons. The van der Waals surface area contributed by atoms with Gasteiger partial charge in [-0.1, -0.05) is 6.07 Å². The maximum Gasteiger partial charge on any atom is 0.253 e. The normalized spacial score (nSPS) is 25.6. The molecular weight excluding hydrogens is 387 g/mol. The van der Waals surface area contributed by atoms with Crippen LogP contribution in [0, 0.1) is 15.4 Å². The molecule has 5 heteroatoms. The second-order valence-electron chi connectivity index (χ2n) is 5.56. The molecule has 2 atom stereocenters. The third-order valence-corrected chi connectivity index (χ3v) is 5.05. The fraction of sp³-hybridized carbons (Fsp3) is 0.533. The first-order valence-corrected chi connectivity index (χ1v) is 8.07. The van der Waals surface area contributed by atoms with Gasteiger partial charge in [0.1, 0.15) is 0 Å². The van der Waals surface area contributed by atoms with Crippen molar-refractivity contribution in [3.8, 4) is 0 Å². The van der Waals surface area contributed by atoms with Gasteiger partial charge in [-0.15, -0.1) is 12.4 Å². The Hall–Kier alpha value is -0.330. The predicted molar refractivity (Wildman–Crippen MR) is 91.4 cm³/mol. The van der Waals surface area contributed by atoms with E-state index >= 15 is 0 Å². The molecule has 0 aliphatic carbocycles. The average molecular weight is 407 g/mol. The third kappa shape index (κ3) is 3.46. The van der Waals surface area contributed by atoms with Crippen LogP contribution >= 0.6 is 35.0 Å². The number of hydrogen-bond donors (Lipinski definition) is 1. The first-order chi connectivity index (χ1) is 9.24. The van der Waals surface area contributed by atoms with Gasteiger partial charge in [-0.25, -0.2) is 0 Å². The van der Waals surface area contributed by atoms with Crippen molar-refractivity contribution in [1.82, 2.24) is 10.2 Å². The Kier molecular flexibility index (Phi) is 5.69. The van der Waals surface area contributed by atoms with Crippen molar-refractivity contribution in [2.45, 2.75) is 12.8 Å². The highest BCUT2D eigenvalue weighted by Gasteiger charge is 2.31. The van der Waals surface area contributed by atoms with E-state index in [0.717, 1.165) is 60.0 Å². The van der Waals surface area contributed by atoms with Gasteiger partial charge in [-0.05, 0) is 78.6 Å². The number of nitrogens with one attached hydrogen (secondary N) is 1. The van der Waals surface area contributed by atoms with E-state index in [1.807, 2.05) is 29.2 Å². The van der Waals surface area contributed by atoms with Crippen LogP contribution in [-0.4, -0.2) is 37.0 Å². The summed E-state index contributed by atoms with van der Waals surface area (Å²) in [7, 11) is 0. The van der Waals surface area contributed by atoms with Crippen molar-refractivity contribution < 1.29 is 4.79 Å². The lowest BCUT2D eigenvalue weighted by Gasteiger charge is -2.21. The number of hydrogen-bond acceptors (Lipinski definition) is 2. The van der Waals surface area contributed by atoms with Crippen LogP contribution in [0.1, 0.15) is 23.2 Å². The van der Waals surface area contributed by atoms with E-state index in [-0.39, 0.29) is 18.3 Å². The number of likely N-dealkylation sites (tertiary alicyclic amines) is 1. The lowest BCUT2D eigenvalue weighted by atomic mass is 9.92. The summed E-state index contributed by atoms with van der Waals surface area (Å²) in [6, 6.07) is 7.90. The van der Waals surface area contributed by atoms with Crippen LogP contribution in [0.15, 0.2) is 24.3 Å². The van der Waals surface area contributed by atoms with Crippen LogP contribution in [0.25, 0.3) is 0 Å². The summed E-state index contributed by atoms with van der Waals surface area (Å²) in [5.74, 6) is 1.74. The summed E-state index contributed by atoms with van der Waals surface area (Å²) in [5, 5.41) is 3.47. The van der Waals surface area contributed by atoms with E-state index < -0.39 is 0 Å². The standard InChI is InChI=1S/C15H19IN2O.ClH/c16-14-3-1-2-11(8-14)15(19)18-6-4-12-9-17-10-13(12)5-7-18;/h1-3,8,12-13,17H,4-7,9-10H2;1H/t12-,13+;. The number of benzene rings is 1. The van der Waals surface area contributed by atoms with E-state index in [9.17, 15) is 4.79 Å². The summed E-state index contributed by atoms with van der Waals surface area (Å²) in [6.07, 6.45) is 2.29. The molecule has 2 aliphatic heterocycles. The lowest BCUT2D eigenvalue weighted by molar-refractivity contribution is 0.0758. The zero-order valence-electron chi connectivity index (χ0n) is 11.3. The zero-order valence-corrected chi connectivity index (χ0v) is 14.3. The highest BCUT2D eigenvalue weighted by Crippen LogP contribution is 2.27. The Labute approximate surface area is 140 Å². The Morgan fingerprint density at radius 2 is 1.85 bits per heavy atom. The van der Waals surface area contributed by atoms with Crippen molar-refractivity contribution in [1.29, 1.82) is 0 Å². The summed E-state index contributed by atoms with van der Waals surface area (Å²) in [4.78, 5) is 14.6. The minimum Gasteiger partial charge on any atom is -0.339 e. The zero-order chi connectivity index (χ0) is 13.2. The Bertz CT molecular complexity index is 469. The van der Waals surface area contributed by atoms with Crippen molar-refractivity contribution >= 4 is 40.9 Å². The minimum absolute atomic E-state index is 0. The number of fused-ring (bicyclic) bond motifs is 1. The van der Waals surface area contributed by atoms with E-state index in [2.05, 4.69) is 27.9 Å². The molecule has 2 heterocycles. The molecule has 110 valence electrons. The summed E-state index contributed by atoms with van der Waals surface area (Å²) in [6.45, 7) is 4.09. The number of rotatable bonds is 1. The number of nitrogens with zero attached hydrogens (tertiary/aromatic N) is 1. The molecule has 1 aromatic carbocycles. The van der Waals surface area contributed by atoms with Gasteiger partial charge in [0, 0.05) is 22.2 Å². The quantitative estimate of drug-likeness (QED) is 0.728. The fourth-order valence-electron chi connectivity index (χ4n) is 3.23. The van der Waals surface area contributed by atoms with Crippen LogP contribution in [0.4, 0.5) is 0 Å². The molecule has 3 rings (SSSR count). The van der Waals surface area contributed by atoms with Gasteiger partial charge in [-0.3, -0.25) is 4.79 Å². The van der Waals surface area contributed by atoms with Gasteiger partial charge in [0.2, 0.25) is 0 Å². The molecule has 1 amide bonds. The molecule has 2 saturated heterocycles. The third-order valence-electron chi connectivity index (χ3n) is 4.38. The minimum atomic E-state index is 0. The smallest absolute Gasteiger partial charge is 0.253 e. The average Bonchev–Trinajstić information content (AvgIpc) is 2.77. The predicted octanol–water partition coefficient (Wildman–Crippen LogP) is 2.78. The maximum absolute atomic E-state index is 12.5. The van der Waals surface area contributed by atoms with Crippen molar-refractivity contribution in [2.75, 3.05) is 26.2 Å². The fourth-order valence-corrected chi connectivity index (χ4v) is 3.77. The number of halogens is 2. The topological polar surface area (TPSA) is 32.3 Å². The molecule has 0 spiro atoms. The van der Waals surface area contributed by atoms with Crippen molar-refractivity contribution in [3.05, 3.63) is 33.4 Å². The van der Waals surface area contributed by atoms with Gasteiger partial charge in [0.05, 0.1) is 0 Å². The number of carbonyl (C=O) groups is 1. The van der Waals surface area contributed by atoms with Gasteiger partial charge < -0.3 is 10.2 Å². The maximum atomic E-state index is 12.5. The number of amides is 1. The highest BCUT2D eigenvalue weighted by molar-refractivity contribution is 14.1. The molecular formula is C15H20ClIN2O. The summed E-state index contributed by atoms with van der Waals surface area (Å²) in [5.41, 5.74) is 0.831. The van der Waals surface area contributed by atoms with Crippen LogP contribution in [0.2, 0.25) is 0 Å². The Morgan fingerprint density at radius 1 is 1.20 bits per heavy atom. The first kappa shape index (κ1) is 16.0. The van der Waals surface area contributed by atoms with E-state index in [4.69, 9.17) is 0 Å². The molecule has 0 saturated carbocycles. The SMILES string of the molecule is Cl.O=C(c1cccc(I)c1)N1CC[C@@H]2CNC[C@@H]2CC1. The summed E-state index contributed by atoms with van der Waals surface area (Å²) < 4.78 is 1.12. The van der Waals surface area contributed by atoms with Gasteiger partial charge in [0.15, 0.2) is 0 Å². The van der Waals surface area contributed by atoms with Gasteiger partial charge >= 0.3 is 0 Å². The largest absolute Gasteiger partial charge is 0.339 e. The second-order valence-corrected chi connectivity index (χ2v) is 6.80. The van der Waals surface area contributed by atoms with Crippen LogP contribution in [0.5, 0.6) is 0 Å². The van der Waals surface area contributed by atoms with Crippen molar-refractivity contribution in [2.24, 2.45) is 11.8 Å². The van der Waals surface area contributed by atoms with Crippen LogP contribution < -0.4 is 5.32 Å². The Morgan fingerprint density at radius 3 is 2.45 bits per heavy atom. The van der Waals surface area contributed by atoms with Crippen LogP contribution in [-0.2, 0) is 0 Å². The molecule has 2 aliphatic rings. The molecule has 1 aromatic rings. The molecule has 1 N–H and O–H groups in total. The molecule has 0 unspecified atom stereocenters. The van der Waals surface area contributed by atoms with E-state index in [1.54, 1.807) is 0 Å². The molecule has 3 nitrogen and oxygen atoms in total. The monoisotopic (exact) mass is 406 g/mol. The van der Waals surface area contributed by atoms with Gasteiger partial charge in [0.25, 0.3) is 5.91 Å². The lowest BCUT2D eigenvalue weighted by Crippen LogP contribution is -2.32. The Balaban J connectivity index is 0.00000147. The first-order valence-electron chi connectivity index (χ1n) is 6.99. The summed E-state index contributed by atoms with van der Waals surface area (Å²) >= 11 is 2.26. The van der Waals surface area contributed by atoms with E-state index in [0.29, 0.717) is 0 Å². The van der Waals surface area contributed by atoms with E-state index in [1.165, 1.54) is 0 Å². The van der Waals surface area contributed by atoms with Crippen molar-refractivity contribution in [3.63, 3.8) is 0 Å². The van der Waals surface area contributed by atoms with Gasteiger partial charge in [-0.2, -0.15) is 0 Å². The number of carbonyl (C=O) groups excluding carboxylic acids is 1. The molecule has 2 fully saturated rings.